The van der Waals surface area contributed by atoms with Crippen LogP contribution in [0.2, 0.25) is 0 Å². The number of rotatable bonds is 2. The van der Waals surface area contributed by atoms with Gasteiger partial charge in [-0.05, 0) is 26.8 Å². The number of hydrogen-bond donors (Lipinski definition) is 1. The van der Waals surface area contributed by atoms with Gasteiger partial charge in [-0.1, -0.05) is 18.2 Å². The van der Waals surface area contributed by atoms with Crippen molar-refractivity contribution in [2.45, 2.75) is 26.4 Å². The van der Waals surface area contributed by atoms with Crippen molar-refractivity contribution >= 4 is 28.2 Å². The van der Waals surface area contributed by atoms with Crippen LogP contribution in [0.15, 0.2) is 29.6 Å². The van der Waals surface area contributed by atoms with Crippen molar-refractivity contribution in [1.82, 2.24) is 4.98 Å². The number of carbonyl (C=O) groups is 1. The van der Waals surface area contributed by atoms with Crippen molar-refractivity contribution < 1.29 is 9.53 Å². The van der Waals surface area contributed by atoms with Crippen molar-refractivity contribution in [3.05, 3.63) is 29.6 Å². The third kappa shape index (κ3) is 3.72. The molecule has 21 heavy (non-hydrogen) atoms. The number of nitrogens with zero attached hydrogens (tertiary/aromatic N) is 2. The molecule has 1 heterocycles. The van der Waals surface area contributed by atoms with Crippen LogP contribution in [-0.2, 0) is 4.74 Å². The third-order valence-electron chi connectivity index (χ3n) is 2.68. The average molecular weight is 305 g/mol. The smallest absolute Gasteiger partial charge is 0.416 e. The van der Waals surface area contributed by atoms with Gasteiger partial charge in [0.15, 0.2) is 5.13 Å². The summed E-state index contributed by atoms with van der Waals surface area (Å²) in [5.41, 5.74) is 7.68. The van der Waals surface area contributed by atoms with Gasteiger partial charge < -0.3 is 10.5 Å². The second-order valence-corrected chi connectivity index (χ2v) is 6.48. The van der Waals surface area contributed by atoms with E-state index in [9.17, 15) is 4.79 Å². The van der Waals surface area contributed by atoms with Crippen LogP contribution in [0.25, 0.3) is 11.3 Å². The normalized spacial score (nSPS) is 11.2. The van der Waals surface area contributed by atoms with Crippen LogP contribution in [0.4, 0.5) is 15.6 Å². The van der Waals surface area contributed by atoms with Gasteiger partial charge in [-0.15, -0.1) is 11.3 Å². The Labute approximate surface area is 128 Å². The Kier molecular flexibility index (Phi) is 4.18. The van der Waals surface area contributed by atoms with Gasteiger partial charge in [-0.25, -0.2) is 9.78 Å². The molecule has 0 saturated carbocycles. The monoisotopic (exact) mass is 305 g/mol. The van der Waals surface area contributed by atoms with E-state index in [2.05, 4.69) is 4.98 Å². The molecular weight excluding hydrogens is 286 g/mol. The Balaban J connectivity index is 2.20. The number of ether oxygens (including phenoxy) is 1. The van der Waals surface area contributed by atoms with Crippen molar-refractivity contribution in [1.29, 1.82) is 0 Å². The number of thiazole rings is 1. The molecule has 6 heteroatoms. The summed E-state index contributed by atoms with van der Waals surface area (Å²) in [6, 6.07) is 7.51. The number of para-hydroxylation sites is 1. The van der Waals surface area contributed by atoms with E-state index in [1.165, 1.54) is 16.2 Å². The number of nitrogen functional groups attached to an aromatic ring is 1. The fraction of sp³-hybridized carbons (Fsp3) is 0.333. The van der Waals surface area contributed by atoms with Gasteiger partial charge in [0.2, 0.25) is 0 Å². The molecule has 5 nitrogen and oxygen atoms in total. The first kappa shape index (κ1) is 15.3. The van der Waals surface area contributed by atoms with Crippen molar-refractivity contribution in [2.75, 3.05) is 17.7 Å². The Morgan fingerprint density at radius 2 is 2.00 bits per heavy atom. The molecule has 0 fully saturated rings. The zero-order chi connectivity index (χ0) is 15.6. The van der Waals surface area contributed by atoms with Crippen molar-refractivity contribution in [3.8, 4) is 11.3 Å². The molecule has 1 aromatic carbocycles. The van der Waals surface area contributed by atoms with Gasteiger partial charge in [0, 0.05) is 23.7 Å². The molecule has 0 atom stereocenters. The molecule has 0 radical (unpaired) electrons. The minimum atomic E-state index is -0.532. The highest BCUT2D eigenvalue weighted by molar-refractivity contribution is 7.14. The van der Waals surface area contributed by atoms with Gasteiger partial charge in [-0.3, -0.25) is 4.90 Å². The van der Waals surface area contributed by atoms with Gasteiger partial charge >= 0.3 is 6.09 Å². The summed E-state index contributed by atoms with van der Waals surface area (Å²) < 4.78 is 5.32. The fourth-order valence-corrected chi connectivity index (χ4v) is 2.46. The Morgan fingerprint density at radius 3 is 2.62 bits per heavy atom. The van der Waals surface area contributed by atoms with Crippen LogP contribution in [0.1, 0.15) is 20.8 Å². The van der Waals surface area contributed by atoms with Crippen LogP contribution < -0.4 is 10.6 Å². The van der Waals surface area contributed by atoms with Crippen LogP contribution >= 0.6 is 11.3 Å². The quantitative estimate of drug-likeness (QED) is 0.858. The molecule has 0 saturated heterocycles. The van der Waals surface area contributed by atoms with E-state index in [0.717, 1.165) is 11.3 Å². The van der Waals surface area contributed by atoms with Crippen LogP contribution in [0.5, 0.6) is 0 Å². The molecule has 1 amide bonds. The van der Waals surface area contributed by atoms with E-state index >= 15 is 0 Å². The standard InChI is InChI=1S/C15H19N3O2S/c1-15(2,3)20-14(19)18(4)13-17-12(9-21-13)10-7-5-6-8-11(10)16/h5-9H,16H2,1-4H3. The number of nitrogens with two attached hydrogens (primary N) is 1. The summed E-state index contributed by atoms with van der Waals surface area (Å²) in [5.74, 6) is 0. The highest BCUT2D eigenvalue weighted by Crippen LogP contribution is 2.30. The molecule has 0 aliphatic heterocycles. The zero-order valence-corrected chi connectivity index (χ0v) is 13.4. The van der Waals surface area contributed by atoms with E-state index in [1.54, 1.807) is 7.05 Å². The Bertz CT molecular complexity index is 646. The van der Waals surface area contributed by atoms with Crippen LogP contribution in [-0.4, -0.2) is 23.7 Å². The van der Waals surface area contributed by atoms with E-state index in [4.69, 9.17) is 10.5 Å². The molecule has 0 spiro atoms. The second kappa shape index (κ2) is 5.73. The molecule has 0 unspecified atom stereocenters. The number of aromatic nitrogens is 1. The molecular formula is C15H19N3O2S. The minimum Gasteiger partial charge on any atom is -0.443 e. The van der Waals surface area contributed by atoms with E-state index in [0.29, 0.717) is 10.8 Å². The SMILES string of the molecule is CN(C(=O)OC(C)(C)C)c1nc(-c2ccccc2N)cs1. The van der Waals surface area contributed by atoms with Crippen LogP contribution in [0.3, 0.4) is 0 Å². The van der Waals surface area contributed by atoms with Crippen molar-refractivity contribution in [2.24, 2.45) is 0 Å². The third-order valence-corrected chi connectivity index (χ3v) is 3.60. The molecule has 0 aliphatic rings. The predicted molar refractivity (Wildman–Crippen MR) is 86.6 cm³/mol. The van der Waals surface area contributed by atoms with Gasteiger partial charge in [0.1, 0.15) is 5.60 Å². The number of carbonyl (C=O) groups excluding carboxylic acids is 1. The lowest BCUT2D eigenvalue weighted by Crippen LogP contribution is -2.34. The molecule has 1 aromatic heterocycles. The first-order valence-corrected chi connectivity index (χ1v) is 7.43. The van der Waals surface area contributed by atoms with Gasteiger partial charge in [0.25, 0.3) is 0 Å². The zero-order valence-electron chi connectivity index (χ0n) is 12.6. The number of benzene rings is 1. The Morgan fingerprint density at radius 1 is 1.33 bits per heavy atom. The van der Waals surface area contributed by atoms with E-state index < -0.39 is 11.7 Å². The highest BCUT2D eigenvalue weighted by atomic mass is 32.1. The maximum atomic E-state index is 12.0. The molecule has 2 aromatic rings. The number of amides is 1. The topological polar surface area (TPSA) is 68.5 Å². The van der Waals surface area contributed by atoms with Crippen molar-refractivity contribution in [3.63, 3.8) is 0 Å². The van der Waals surface area contributed by atoms with E-state index in [1.807, 2.05) is 50.4 Å². The molecule has 0 bridgehead atoms. The van der Waals surface area contributed by atoms with Gasteiger partial charge in [-0.2, -0.15) is 0 Å². The molecule has 0 aliphatic carbocycles. The largest absolute Gasteiger partial charge is 0.443 e. The second-order valence-electron chi connectivity index (χ2n) is 5.64. The summed E-state index contributed by atoms with van der Waals surface area (Å²) >= 11 is 1.37. The summed E-state index contributed by atoms with van der Waals surface area (Å²) in [6.07, 6.45) is -0.426. The minimum absolute atomic E-state index is 0.426. The fourth-order valence-electron chi connectivity index (χ4n) is 1.68. The summed E-state index contributed by atoms with van der Waals surface area (Å²) in [6.45, 7) is 5.49. The maximum Gasteiger partial charge on any atom is 0.416 e. The summed E-state index contributed by atoms with van der Waals surface area (Å²) in [7, 11) is 1.64. The molecule has 112 valence electrons. The highest BCUT2D eigenvalue weighted by Gasteiger charge is 2.22. The summed E-state index contributed by atoms with van der Waals surface area (Å²) in [4.78, 5) is 17.9. The Hall–Kier alpha value is -2.08. The van der Waals surface area contributed by atoms with Gasteiger partial charge in [0.05, 0.1) is 5.69 Å². The summed E-state index contributed by atoms with van der Waals surface area (Å²) in [5, 5.41) is 2.45. The predicted octanol–water partition coefficient (Wildman–Crippen LogP) is 3.76. The lowest BCUT2D eigenvalue weighted by Gasteiger charge is -2.23. The average Bonchev–Trinajstić information content (AvgIpc) is 2.85. The first-order chi connectivity index (χ1) is 9.78. The maximum absolute atomic E-state index is 12.0. The number of hydrogen-bond acceptors (Lipinski definition) is 5. The van der Waals surface area contributed by atoms with Crippen LogP contribution in [0, 0.1) is 0 Å². The first-order valence-electron chi connectivity index (χ1n) is 6.55. The van der Waals surface area contributed by atoms with E-state index in [-0.39, 0.29) is 0 Å². The molecule has 2 rings (SSSR count). The molecule has 2 N–H and O–H groups in total. The lowest BCUT2D eigenvalue weighted by molar-refractivity contribution is 0.0589. The lowest BCUT2D eigenvalue weighted by atomic mass is 10.1. The number of anilines is 2.